The molecule has 0 atom stereocenters. The zero-order valence-corrected chi connectivity index (χ0v) is 37.0. The van der Waals surface area contributed by atoms with Crippen molar-refractivity contribution in [3.63, 3.8) is 0 Å². The second kappa shape index (κ2) is 15.6. The van der Waals surface area contributed by atoms with Gasteiger partial charge in [-0.15, -0.1) is 0 Å². The van der Waals surface area contributed by atoms with Gasteiger partial charge in [-0.05, 0) is 88.0 Å². The number of hydrogen-bond acceptors (Lipinski definition) is 5. The Kier molecular flexibility index (Phi) is 8.79. The predicted molar refractivity (Wildman–Crippen MR) is 281 cm³/mol. The SMILES string of the molecule is c1ccc(-c2ccc(-c3nc(-c4ccccc4)nc(-c4cccc5oc6ccc(-c7cccc8oc9cccc(-n%10c%11ccccc%11c%11cc(-c%12ccccc%12)ccc%11%10)c9c78)cc6c45)n3)cc2)cc1. The van der Waals surface area contributed by atoms with Gasteiger partial charge in [-0.1, -0.05) is 176 Å². The summed E-state index contributed by atoms with van der Waals surface area (Å²) in [6, 6.07) is 80.3. The van der Waals surface area contributed by atoms with Gasteiger partial charge in [0.15, 0.2) is 17.5 Å². The molecule has 4 heterocycles. The summed E-state index contributed by atoms with van der Waals surface area (Å²) in [6.07, 6.45) is 0. The molecule has 69 heavy (non-hydrogen) atoms. The van der Waals surface area contributed by atoms with Gasteiger partial charge in [0, 0.05) is 43.6 Å². The first kappa shape index (κ1) is 38.8. The Morgan fingerprint density at radius 1 is 0.275 bits per heavy atom. The van der Waals surface area contributed by atoms with Crippen molar-refractivity contribution < 1.29 is 8.83 Å². The molecule has 6 nitrogen and oxygen atoms in total. The van der Waals surface area contributed by atoms with Crippen LogP contribution in [0.15, 0.2) is 239 Å². The number of para-hydroxylation sites is 1. The summed E-state index contributed by atoms with van der Waals surface area (Å²) in [6.45, 7) is 0. The molecule has 6 heteroatoms. The Bertz CT molecular complexity index is 4290. The number of rotatable bonds is 7. The molecule has 0 fully saturated rings. The van der Waals surface area contributed by atoms with Crippen LogP contribution in [0.5, 0.6) is 0 Å². The zero-order chi connectivity index (χ0) is 45.4. The van der Waals surface area contributed by atoms with E-state index in [2.05, 4.69) is 187 Å². The van der Waals surface area contributed by atoms with E-state index in [0.717, 1.165) is 99.5 Å². The molecule has 0 N–H and O–H groups in total. The molecule has 4 aromatic heterocycles. The highest BCUT2D eigenvalue weighted by Crippen LogP contribution is 2.45. The fourth-order valence-electron chi connectivity index (χ4n) is 10.3. The second-order valence-electron chi connectivity index (χ2n) is 17.5. The van der Waals surface area contributed by atoms with Crippen molar-refractivity contribution >= 4 is 65.7 Å². The molecule has 0 aliphatic rings. The summed E-state index contributed by atoms with van der Waals surface area (Å²) in [5, 5.41) is 6.41. The number of furan rings is 2. The first-order valence-corrected chi connectivity index (χ1v) is 23.2. The number of benzene rings is 10. The number of fused-ring (bicyclic) bond motifs is 9. The van der Waals surface area contributed by atoms with Gasteiger partial charge >= 0.3 is 0 Å². The van der Waals surface area contributed by atoms with Crippen molar-refractivity contribution in [2.45, 2.75) is 0 Å². The van der Waals surface area contributed by atoms with Crippen molar-refractivity contribution in [3.05, 3.63) is 231 Å². The van der Waals surface area contributed by atoms with Crippen LogP contribution in [-0.2, 0) is 0 Å². The average Bonchev–Trinajstić information content (AvgIpc) is 4.11. The highest BCUT2D eigenvalue weighted by atomic mass is 16.3. The van der Waals surface area contributed by atoms with Crippen LogP contribution >= 0.6 is 0 Å². The van der Waals surface area contributed by atoms with E-state index in [4.69, 9.17) is 23.8 Å². The van der Waals surface area contributed by atoms with Crippen molar-refractivity contribution in [3.8, 4) is 73.2 Å². The lowest BCUT2D eigenvalue weighted by molar-refractivity contribution is 0.668. The first-order chi connectivity index (χ1) is 34.2. The third-order valence-corrected chi connectivity index (χ3v) is 13.5. The van der Waals surface area contributed by atoms with E-state index < -0.39 is 0 Å². The molecular weight excluding hydrogens is 845 g/mol. The number of aromatic nitrogens is 4. The molecule has 0 radical (unpaired) electrons. The molecule has 0 bridgehead atoms. The maximum absolute atomic E-state index is 6.74. The number of nitrogens with zero attached hydrogens (tertiary/aromatic N) is 4. The smallest absolute Gasteiger partial charge is 0.164 e. The van der Waals surface area contributed by atoms with Gasteiger partial charge in [0.25, 0.3) is 0 Å². The van der Waals surface area contributed by atoms with E-state index in [1.54, 1.807) is 0 Å². The van der Waals surface area contributed by atoms with Crippen molar-refractivity contribution in [2.75, 3.05) is 0 Å². The fraction of sp³-hybridized carbons (Fsp3) is 0. The molecule has 14 rings (SSSR count). The lowest BCUT2D eigenvalue weighted by atomic mass is 9.96. The standard InChI is InChI=1S/C63H38N4O2/c1-4-15-39(16-5-1)41-29-31-43(32-30-41)62-64-61(42-19-8-3-9-20-42)65-63(66-62)48-23-13-26-55-58(48)50-38-45(34-36-54(50)68-55)46-22-12-27-56-59(46)60-53(25-14-28-57(60)69-56)67-51-24-11-10-21-47(51)49-37-44(33-35-52(49)67)40-17-6-2-7-18-40/h1-38H. The van der Waals surface area contributed by atoms with Gasteiger partial charge < -0.3 is 13.4 Å². The maximum Gasteiger partial charge on any atom is 0.164 e. The third-order valence-electron chi connectivity index (χ3n) is 13.5. The van der Waals surface area contributed by atoms with Crippen molar-refractivity contribution in [1.29, 1.82) is 0 Å². The molecule has 0 saturated heterocycles. The van der Waals surface area contributed by atoms with E-state index in [1.807, 2.05) is 48.5 Å². The topological polar surface area (TPSA) is 69.9 Å². The minimum atomic E-state index is 0.569. The van der Waals surface area contributed by atoms with Crippen LogP contribution in [-0.4, -0.2) is 19.5 Å². The first-order valence-electron chi connectivity index (χ1n) is 23.2. The van der Waals surface area contributed by atoms with E-state index in [0.29, 0.717) is 17.5 Å². The minimum Gasteiger partial charge on any atom is -0.456 e. The summed E-state index contributed by atoms with van der Waals surface area (Å²) in [7, 11) is 0. The van der Waals surface area contributed by atoms with E-state index >= 15 is 0 Å². The van der Waals surface area contributed by atoms with Gasteiger partial charge in [0.05, 0.1) is 22.1 Å². The highest BCUT2D eigenvalue weighted by Gasteiger charge is 2.23. The quantitative estimate of drug-likeness (QED) is 0.159. The van der Waals surface area contributed by atoms with Crippen LogP contribution in [0.3, 0.4) is 0 Å². The molecule has 322 valence electrons. The van der Waals surface area contributed by atoms with Gasteiger partial charge in [0.2, 0.25) is 0 Å². The fourth-order valence-corrected chi connectivity index (χ4v) is 10.3. The van der Waals surface area contributed by atoms with Crippen LogP contribution in [0.1, 0.15) is 0 Å². The summed E-state index contributed by atoms with van der Waals surface area (Å²) >= 11 is 0. The molecule has 0 amide bonds. The largest absolute Gasteiger partial charge is 0.456 e. The van der Waals surface area contributed by atoms with E-state index in [1.165, 1.54) is 21.9 Å². The second-order valence-corrected chi connectivity index (χ2v) is 17.5. The zero-order valence-electron chi connectivity index (χ0n) is 37.0. The van der Waals surface area contributed by atoms with Gasteiger partial charge in [-0.3, -0.25) is 0 Å². The predicted octanol–water partition coefficient (Wildman–Crippen LogP) is 16.8. The molecule has 14 aromatic rings. The minimum absolute atomic E-state index is 0.569. The van der Waals surface area contributed by atoms with Crippen LogP contribution in [0.2, 0.25) is 0 Å². The average molecular weight is 883 g/mol. The summed E-state index contributed by atoms with van der Waals surface area (Å²) < 4.78 is 15.8. The summed E-state index contributed by atoms with van der Waals surface area (Å²) in [4.78, 5) is 15.4. The lowest BCUT2D eigenvalue weighted by Gasteiger charge is -2.11. The molecule has 0 saturated carbocycles. The van der Waals surface area contributed by atoms with Crippen LogP contribution in [0.4, 0.5) is 0 Å². The molecule has 10 aromatic carbocycles. The number of hydrogen-bond donors (Lipinski definition) is 0. The van der Waals surface area contributed by atoms with Crippen LogP contribution in [0, 0.1) is 0 Å². The normalized spacial score (nSPS) is 11.8. The Balaban J connectivity index is 0.947. The monoisotopic (exact) mass is 882 g/mol. The lowest BCUT2D eigenvalue weighted by Crippen LogP contribution is -2.00. The molecular formula is C63H38N4O2. The summed E-state index contributed by atoms with van der Waals surface area (Å²) in [5.74, 6) is 1.76. The molecule has 0 unspecified atom stereocenters. The molecule has 0 aliphatic carbocycles. The Morgan fingerprint density at radius 3 is 1.51 bits per heavy atom. The summed E-state index contributed by atoms with van der Waals surface area (Å²) in [5.41, 5.74) is 16.0. The Hall–Kier alpha value is -9.39. The van der Waals surface area contributed by atoms with Crippen LogP contribution in [0.25, 0.3) is 139 Å². The van der Waals surface area contributed by atoms with Crippen molar-refractivity contribution in [1.82, 2.24) is 19.5 Å². The van der Waals surface area contributed by atoms with Crippen molar-refractivity contribution in [2.24, 2.45) is 0 Å². The van der Waals surface area contributed by atoms with E-state index in [9.17, 15) is 0 Å². The third kappa shape index (κ3) is 6.38. The molecule has 0 aliphatic heterocycles. The van der Waals surface area contributed by atoms with Gasteiger partial charge in [-0.25, -0.2) is 15.0 Å². The highest BCUT2D eigenvalue weighted by molar-refractivity contribution is 6.19. The van der Waals surface area contributed by atoms with Gasteiger partial charge in [-0.2, -0.15) is 0 Å². The molecule has 0 spiro atoms. The maximum atomic E-state index is 6.74. The Labute approximate surface area is 396 Å². The van der Waals surface area contributed by atoms with Gasteiger partial charge in [0.1, 0.15) is 22.3 Å². The Morgan fingerprint density at radius 2 is 0.768 bits per heavy atom. The van der Waals surface area contributed by atoms with E-state index in [-0.39, 0.29) is 0 Å². The van der Waals surface area contributed by atoms with Crippen LogP contribution < -0.4 is 0 Å².